The van der Waals surface area contributed by atoms with Crippen LogP contribution in [-0.2, 0) is 14.3 Å². The fourth-order valence-corrected chi connectivity index (χ4v) is 3.24. The molecule has 0 rings (SSSR count). The first-order valence-corrected chi connectivity index (χ1v) is 10.7. The smallest absolute Gasteiger partial charge is 0.137 e. The molecule has 0 aliphatic carbocycles. The van der Waals surface area contributed by atoms with E-state index in [0.29, 0.717) is 5.92 Å². The summed E-state index contributed by atoms with van der Waals surface area (Å²) in [5, 5.41) is 0. The Hall–Kier alpha value is 0.250. The zero-order valence-electron chi connectivity index (χ0n) is 15.8. The molecule has 0 heterocycles. The maximum atomic E-state index is 10.7. The zero-order valence-corrected chi connectivity index (χ0v) is 17.4. The monoisotopic (exact) mass is 367 g/mol. The summed E-state index contributed by atoms with van der Waals surface area (Å²) in [7, 11) is 3.47. The van der Waals surface area contributed by atoms with E-state index in [-0.39, 0.29) is 6.04 Å². The van der Waals surface area contributed by atoms with Crippen molar-refractivity contribution in [1.29, 1.82) is 0 Å². The fraction of sp³-hybridized carbons (Fsp3) is 0.941. The second-order valence-corrected chi connectivity index (χ2v) is 7.71. The number of aldehydes is 1. The van der Waals surface area contributed by atoms with Crippen LogP contribution < -0.4 is 4.72 Å². The Labute approximate surface area is 152 Å². The SMILES string of the molecule is CCCC(C)COC.COCC(C)CSN[C@H](C=O)CCSC. The molecule has 0 saturated carbocycles. The van der Waals surface area contributed by atoms with E-state index in [0.717, 1.165) is 43.3 Å². The van der Waals surface area contributed by atoms with Gasteiger partial charge in [-0.15, -0.1) is 0 Å². The van der Waals surface area contributed by atoms with Crippen LogP contribution in [0.25, 0.3) is 0 Å². The number of carbonyl (C=O) groups is 1. The number of thioether (sulfide) groups is 1. The summed E-state index contributed by atoms with van der Waals surface area (Å²) in [5.74, 6) is 3.24. The Morgan fingerprint density at radius 2 is 1.70 bits per heavy atom. The summed E-state index contributed by atoms with van der Waals surface area (Å²) >= 11 is 3.38. The van der Waals surface area contributed by atoms with Crippen LogP contribution in [0.15, 0.2) is 0 Å². The number of rotatable bonds is 14. The first-order valence-electron chi connectivity index (χ1n) is 8.34. The molecule has 0 aliphatic rings. The topological polar surface area (TPSA) is 47.6 Å². The molecule has 0 amide bonds. The van der Waals surface area contributed by atoms with Crippen molar-refractivity contribution in [2.45, 2.75) is 46.1 Å². The quantitative estimate of drug-likeness (QED) is 0.371. The molecule has 23 heavy (non-hydrogen) atoms. The third kappa shape index (κ3) is 20.2. The minimum Gasteiger partial charge on any atom is -0.384 e. The van der Waals surface area contributed by atoms with E-state index >= 15 is 0 Å². The van der Waals surface area contributed by atoms with Crippen molar-refractivity contribution in [3.05, 3.63) is 0 Å². The van der Waals surface area contributed by atoms with E-state index in [1.54, 1.807) is 37.9 Å². The molecule has 3 atom stereocenters. The van der Waals surface area contributed by atoms with Gasteiger partial charge in [0.05, 0.1) is 6.04 Å². The highest BCUT2D eigenvalue weighted by atomic mass is 32.2. The highest BCUT2D eigenvalue weighted by Gasteiger charge is 2.07. The summed E-state index contributed by atoms with van der Waals surface area (Å²) in [6, 6.07) is -0.0165. The molecule has 0 spiro atoms. The van der Waals surface area contributed by atoms with Gasteiger partial charge in [0.2, 0.25) is 0 Å². The first-order chi connectivity index (χ1) is 11.0. The van der Waals surface area contributed by atoms with Gasteiger partial charge in [-0.2, -0.15) is 11.8 Å². The maximum absolute atomic E-state index is 10.7. The standard InChI is InChI=1S/C10H21NO2S2.C7H16O/c1-9(7-13-2)8-15-11-10(6-12)4-5-14-3;1-4-5-7(2)6-8-3/h6,9-11H,4-5,7-8H2,1-3H3;7H,4-6H2,1-3H3/t9?,10-;/m0./s1. The normalized spacial score (nSPS) is 14.5. The van der Waals surface area contributed by atoms with Gasteiger partial charge in [0, 0.05) is 33.2 Å². The Morgan fingerprint density at radius 1 is 1.09 bits per heavy atom. The molecule has 0 fully saturated rings. The van der Waals surface area contributed by atoms with Crippen molar-refractivity contribution in [2.75, 3.05) is 45.2 Å². The van der Waals surface area contributed by atoms with Crippen molar-refractivity contribution < 1.29 is 14.3 Å². The van der Waals surface area contributed by atoms with E-state index in [1.165, 1.54) is 12.8 Å². The lowest BCUT2D eigenvalue weighted by molar-refractivity contribution is -0.109. The summed E-state index contributed by atoms with van der Waals surface area (Å²) in [6.07, 6.45) is 6.49. The highest BCUT2D eigenvalue weighted by molar-refractivity contribution is 7.98. The molecule has 6 heteroatoms. The van der Waals surface area contributed by atoms with E-state index in [9.17, 15) is 4.79 Å². The van der Waals surface area contributed by atoms with Crippen LogP contribution in [0.3, 0.4) is 0 Å². The third-order valence-corrected chi connectivity index (χ3v) is 4.93. The lowest BCUT2D eigenvalue weighted by Gasteiger charge is -2.13. The van der Waals surface area contributed by atoms with Crippen molar-refractivity contribution in [1.82, 2.24) is 4.72 Å². The lowest BCUT2D eigenvalue weighted by atomic mass is 10.1. The lowest BCUT2D eigenvalue weighted by Crippen LogP contribution is -2.26. The van der Waals surface area contributed by atoms with Gasteiger partial charge >= 0.3 is 0 Å². The molecule has 4 nitrogen and oxygen atoms in total. The first kappa shape index (κ1) is 25.5. The predicted octanol–water partition coefficient (Wildman–Crippen LogP) is 3.90. The molecule has 0 aromatic heterocycles. The fourth-order valence-electron chi connectivity index (χ4n) is 1.89. The van der Waals surface area contributed by atoms with Crippen LogP contribution in [0.4, 0.5) is 0 Å². The van der Waals surface area contributed by atoms with Crippen LogP contribution in [-0.4, -0.2) is 57.5 Å². The van der Waals surface area contributed by atoms with E-state index in [1.807, 2.05) is 0 Å². The molecule has 0 aliphatic heterocycles. The zero-order chi connectivity index (χ0) is 17.9. The summed E-state index contributed by atoms with van der Waals surface area (Å²) < 4.78 is 13.2. The van der Waals surface area contributed by atoms with Crippen LogP contribution in [0.2, 0.25) is 0 Å². The second kappa shape index (κ2) is 20.3. The maximum Gasteiger partial charge on any atom is 0.137 e. The Balaban J connectivity index is 0. The number of ether oxygens (including phenoxy) is 2. The number of nitrogens with one attached hydrogen (secondary N) is 1. The van der Waals surface area contributed by atoms with Crippen LogP contribution >= 0.6 is 23.7 Å². The molecule has 140 valence electrons. The number of hydrogen-bond acceptors (Lipinski definition) is 6. The van der Waals surface area contributed by atoms with Crippen molar-refractivity contribution in [2.24, 2.45) is 11.8 Å². The van der Waals surface area contributed by atoms with Gasteiger partial charge in [0.1, 0.15) is 6.29 Å². The van der Waals surface area contributed by atoms with Gasteiger partial charge in [-0.3, -0.25) is 4.72 Å². The molecule has 2 unspecified atom stereocenters. The van der Waals surface area contributed by atoms with Crippen molar-refractivity contribution in [3.63, 3.8) is 0 Å². The molecular weight excluding hydrogens is 330 g/mol. The van der Waals surface area contributed by atoms with Crippen LogP contribution in [0.5, 0.6) is 0 Å². The van der Waals surface area contributed by atoms with Gasteiger partial charge in [-0.25, -0.2) is 0 Å². The number of carbonyl (C=O) groups excluding carboxylic acids is 1. The van der Waals surface area contributed by atoms with Gasteiger partial charge in [-0.1, -0.05) is 39.1 Å². The van der Waals surface area contributed by atoms with E-state index in [4.69, 9.17) is 9.47 Å². The van der Waals surface area contributed by atoms with Crippen LogP contribution in [0.1, 0.15) is 40.0 Å². The predicted molar refractivity (Wildman–Crippen MR) is 105 cm³/mol. The van der Waals surface area contributed by atoms with Gasteiger partial charge in [-0.05, 0) is 36.7 Å². The van der Waals surface area contributed by atoms with E-state index < -0.39 is 0 Å². The summed E-state index contributed by atoms with van der Waals surface area (Å²) in [4.78, 5) is 10.7. The molecule has 0 aromatic carbocycles. The summed E-state index contributed by atoms with van der Waals surface area (Å²) in [5.41, 5.74) is 0. The van der Waals surface area contributed by atoms with Gasteiger partial charge in [0.15, 0.2) is 0 Å². The minimum absolute atomic E-state index is 0.0165. The van der Waals surface area contributed by atoms with Crippen molar-refractivity contribution >= 4 is 30.0 Å². The molecule has 0 aromatic rings. The summed E-state index contributed by atoms with van der Waals surface area (Å²) in [6.45, 7) is 8.23. The molecule has 0 bridgehead atoms. The van der Waals surface area contributed by atoms with Crippen molar-refractivity contribution in [3.8, 4) is 0 Å². The average Bonchev–Trinajstić information content (AvgIpc) is 2.52. The Bertz CT molecular complexity index is 240. The second-order valence-electron chi connectivity index (χ2n) is 5.86. The van der Waals surface area contributed by atoms with Crippen LogP contribution in [0, 0.1) is 11.8 Å². The Kier molecular flexibility index (Phi) is 22.5. The number of methoxy groups -OCH3 is 2. The number of hydrogen-bond donors (Lipinski definition) is 1. The third-order valence-electron chi connectivity index (χ3n) is 3.08. The molecule has 0 saturated heterocycles. The minimum atomic E-state index is -0.0165. The molecular formula is C17H37NO3S2. The molecule has 0 radical (unpaired) electrons. The highest BCUT2D eigenvalue weighted by Crippen LogP contribution is 2.08. The van der Waals surface area contributed by atoms with E-state index in [2.05, 4.69) is 31.7 Å². The largest absolute Gasteiger partial charge is 0.384 e. The van der Waals surface area contributed by atoms with Gasteiger partial charge in [0.25, 0.3) is 0 Å². The Morgan fingerprint density at radius 3 is 2.17 bits per heavy atom. The van der Waals surface area contributed by atoms with Gasteiger partial charge < -0.3 is 14.3 Å². The molecule has 1 N–H and O–H groups in total. The average molecular weight is 368 g/mol.